The quantitative estimate of drug-likeness (QED) is 0.360. The van der Waals surface area contributed by atoms with Crippen molar-refractivity contribution < 1.29 is 14.3 Å². The number of thiophene rings is 1. The molecule has 0 fully saturated rings. The van der Waals surface area contributed by atoms with E-state index in [1.807, 2.05) is 18.2 Å². The molecule has 1 aliphatic carbocycles. The number of fused-ring (bicyclic) bond motifs is 3. The molecule has 0 bridgehead atoms. The molecule has 1 aromatic carbocycles. The molecule has 2 aromatic heterocycles. The first-order valence-electron chi connectivity index (χ1n) is 9.03. The van der Waals surface area contributed by atoms with Crippen LogP contribution in [0.25, 0.3) is 15.9 Å². The molecule has 0 unspecified atom stereocenters. The van der Waals surface area contributed by atoms with Crippen molar-refractivity contribution in [3.05, 3.63) is 45.1 Å². The summed E-state index contributed by atoms with van der Waals surface area (Å²) >= 11 is 2.81. The van der Waals surface area contributed by atoms with Crippen LogP contribution < -0.4 is 10.3 Å². The van der Waals surface area contributed by atoms with Crippen LogP contribution in [0.2, 0.25) is 0 Å². The second-order valence-electron chi connectivity index (χ2n) is 6.49. The van der Waals surface area contributed by atoms with Crippen LogP contribution in [0.4, 0.5) is 0 Å². The van der Waals surface area contributed by atoms with Crippen LogP contribution in [0.3, 0.4) is 0 Å². The summed E-state index contributed by atoms with van der Waals surface area (Å²) in [5.41, 5.74) is 1.72. The van der Waals surface area contributed by atoms with E-state index in [1.165, 1.54) is 23.7 Å². The summed E-state index contributed by atoms with van der Waals surface area (Å²) in [6, 6.07) is 7.31. The fraction of sp³-hybridized carbons (Fsp3) is 0.350. The monoisotopic (exact) mass is 416 g/mol. The summed E-state index contributed by atoms with van der Waals surface area (Å²) < 4.78 is 11.6. The maximum absolute atomic E-state index is 13.6. The number of hydrogen-bond donors (Lipinski definition) is 0. The van der Waals surface area contributed by atoms with Gasteiger partial charge in [-0.2, -0.15) is 0 Å². The zero-order valence-corrected chi connectivity index (χ0v) is 17.3. The van der Waals surface area contributed by atoms with E-state index in [1.54, 1.807) is 29.1 Å². The molecule has 146 valence electrons. The number of carbonyl (C=O) groups is 1. The molecule has 1 aliphatic rings. The van der Waals surface area contributed by atoms with Gasteiger partial charge in [0, 0.05) is 10.9 Å². The normalized spacial score (nSPS) is 13.4. The third-order valence-corrected chi connectivity index (χ3v) is 6.91. The Morgan fingerprint density at radius 1 is 1.29 bits per heavy atom. The molecular weight excluding hydrogens is 396 g/mol. The van der Waals surface area contributed by atoms with E-state index < -0.39 is 0 Å². The maximum atomic E-state index is 13.6. The number of thioether (sulfide) groups is 1. The van der Waals surface area contributed by atoms with E-state index in [2.05, 4.69) is 0 Å². The molecular formula is C20H20N2O4S2. The van der Waals surface area contributed by atoms with Crippen molar-refractivity contribution >= 4 is 39.3 Å². The lowest BCUT2D eigenvalue weighted by Gasteiger charge is -2.14. The number of hydrogen-bond acceptors (Lipinski definition) is 7. The zero-order valence-electron chi connectivity index (χ0n) is 15.7. The number of benzene rings is 1. The van der Waals surface area contributed by atoms with Crippen LogP contribution in [0.1, 0.15) is 23.3 Å². The summed E-state index contributed by atoms with van der Waals surface area (Å²) in [6.07, 6.45) is 4.16. The van der Waals surface area contributed by atoms with Crippen LogP contribution in [-0.2, 0) is 22.4 Å². The Hall–Kier alpha value is -2.32. The van der Waals surface area contributed by atoms with Crippen molar-refractivity contribution in [3.8, 4) is 11.4 Å². The summed E-state index contributed by atoms with van der Waals surface area (Å²) in [4.78, 5) is 32.0. The summed E-state index contributed by atoms with van der Waals surface area (Å²) in [6.45, 7) is 0. The lowest BCUT2D eigenvalue weighted by atomic mass is 9.97. The summed E-state index contributed by atoms with van der Waals surface area (Å²) in [7, 11) is 2.94. The number of nitrogens with zero attached hydrogens (tertiary/aromatic N) is 2. The number of carbonyl (C=O) groups excluding carboxylic acids is 1. The van der Waals surface area contributed by atoms with Gasteiger partial charge in [-0.15, -0.1) is 11.3 Å². The first-order valence-corrected chi connectivity index (χ1v) is 10.8. The Bertz CT molecular complexity index is 1100. The standard InChI is InChI=1S/C20H20N2O4S2/c1-25-13-7-5-6-12(10-13)22-19(24)17-14-8-3-4-9-15(14)28-18(17)21-20(22)27-11-16(23)26-2/h5-7,10H,3-4,8-9,11H2,1-2H3. The van der Waals surface area contributed by atoms with Crippen LogP contribution >= 0.6 is 23.1 Å². The van der Waals surface area contributed by atoms with Gasteiger partial charge in [0.1, 0.15) is 10.6 Å². The van der Waals surface area contributed by atoms with Crippen molar-refractivity contribution in [1.82, 2.24) is 9.55 Å². The average Bonchev–Trinajstić information content (AvgIpc) is 3.10. The van der Waals surface area contributed by atoms with E-state index >= 15 is 0 Å². The molecule has 0 radical (unpaired) electrons. The third-order valence-electron chi connectivity index (χ3n) is 4.82. The Labute approximate surface area is 170 Å². The summed E-state index contributed by atoms with van der Waals surface area (Å²) in [5, 5.41) is 1.19. The van der Waals surface area contributed by atoms with Crippen molar-refractivity contribution in [2.24, 2.45) is 0 Å². The van der Waals surface area contributed by atoms with Gasteiger partial charge in [-0.1, -0.05) is 17.8 Å². The second kappa shape index (κ2) is 7.97. The van der Waals surface area contributed by atoms with E-state index in [4.69, 9.17) is 14.5 Å². The Balaban J connectivity index is 1.94. The van der Waals surface area contributed by atoms with Gasteiger partial charge >= 0.3 is 5.97 Å². The van der Waals surface area contributed by atoms with E-state index in [-0.39, 0.29) is 17.3 Å². The highest BCUT2D eigenvalue weighted by Crippen LogP contribution is 2.35. The SMILES string of the molecule is COC(=O)CSc1nc2sc3c(c2c(=O)n1-c1cccc(OC)c1)CCCC3. The van der Waals surface area contributed by atoms with Gasteiger partial charge in [0.25, 0.3) is 5.56 Å². The third kappa shape index (κ3) is 3.42. The number of esters is 1. The number of aromatic nitrogens is 2. The number of methoxy groups -OCH3 is 2. The predicted octanol–water partition coefficient (Wildman–Crippen LogP) is 3.60. The minimum absolute atomic E-state index is 0.0868. The molecule has 28 heavy (non-hydrogen) atoms. The molecule has 0 aliphatic heterocycles. The molecule has 4 rings (SSSR count). The topological polar surface area (TPSA) is 70.4 Å². The minimum atomic E-state index is -0.359. The highest BCUT2D eigenvalue weighted by atomic mass is 32.2. The van der Waals surface area contributed by atoms with Crippen molar-refractivity contribution in [2.75, 3.05) is 20.0 Å². The Morgan fingerprint density at radius 2 is 2.11 bits per heavy atom. The molecule has 8 heteroatoms. The summed E-state index contributed by atoms with van der Waals surface area (Å²) in [5.74, 6) is 0.381. The van der Waals surface area contributed by atoms with E-state index in [0.717, 1.165) is 36.1 Å². The lowest BCUT2D eigenvalue weighted by Crippen LogP contribution is -2.22. The molecule has 0 saturated carbocycles. The molecule has 2 heterocycles. The van der Waals surface area contributed by atoms with E-state index in [0.29, 0.717) is 22.0 Å². The highest BCUT2D eigenvalue weighted by Gasteiger charge is 2.23. The molecule has 0 spiro atoms. The first-order chi connectivity index (χ1) is 13.6. The minimum Gasteiger partial charge on any atom is -0.497 e. The molecule has 3 aromatic rings. The second-order valence-corrected chi connectivity index (χ2v) is 8.52. The fourth-order valence-corrected chi connectivity index (χ4v) is 5.59. The van der Waals surface area contributed by atoms with Gasteiger partial charge in [-0.05, 0) is 43.4 Å². The van der Waals surface area contributed by atoms with Gasteiger partial charge in [0.2, 0.25) is 0 Å². The number of aryl methyl sites for hydroxylation is 2. The van der Waals surface area contributed by atoms with Gasteiger partial charge in [0.05, 0.1) is 31.0 Å². The lowest BCUT2D eigenvalue weighted by molar-refractivity contribution is -0.137. The van der Waals surface area contributed by atoms with Gasteiger partial charge in [-0.3, -0.25) is 14.2 Å². The molecule has 0 amide bonds. The van der Waals surface area contributed by atoms with Gasteiger partial charge in [0.15, 0.2) is 5.16 Å². The van der Waals surface area contributed by atoms with Gasteiger partial charge in [-0.25, -0.2) is 4.98 Å². The molecule has 0 atom stereocenters. The maximum Gasteiger partial charge on any atom is 0.316 e. The average molecular weight is 417 g/mol. The fourth-order valence-electron chi connectivity index (χ4n) is 3.44. The molecule has 6 nitrogen and oxygen atoms in total. The highest BCUT2D eigenvalue weighted by molar-refractivity contribution is 7.99. The van der Waals surface area contributed by atoms with Crippen LogP contribution in [0.5, 0.6) is 5.75 Å². The van der Waals surface area contributed by atoms with Crippen LogP contribution in [0.15, 0.2) is 34.2 Å². The van der Waals surface area contributed by atoms with E-state index in [9.17, 15) is 9.59 Å². The van der Waals surface area contributed by atoms with Crippen LogP contribution in [-0.4, -0.2) is 35.5 Å². The van der Waals surface area contributed by atoms with Crippen molar-refractivity contribution in [3.63, 3.8) is 0 Å². The van der Waals surface area contributed by atoms with Crippen LogP contribution in [0, 0.1) is 0 Å². The smallest absolute Gasteiger partial charge is 0.316 e. The number of rotatable bonds is 5. The van der Waals surface area contributed by atoms with Gasteiger partial charge < -0.3 is 9.47 Å². The Morgan fingerprint density at radius 3 is 2.89 bits per heavy atom. The number of ether oxygens (including phenoxy) is 2. The zero-order chi connectivity index (χ0) is 19.7. The van der Waals surface area contributed by atoms with Crippen molar-refractivity contribution in [1.29, 1.82) is 0 Å². The largest absolute Gasteiger partial charge is 0.497 e. The van der Waals surface area contributed by atoms with Crippen molar-refractivity contribution in [2.45, 2.75) is 30.8 Å². The Kier molecular flexibility index (Phi) is 5.41. The molecule has 0 saturated heterocycles. The first kappa shape index (κ1) is 19.0. The molecule has 0 N–H and O–H groups in total. The predicted molar refractivity (Wildman–Crippen MR) is 111 cm³/mol.